The molecule has 1 amide bonds. The molecule has 0 saturated heterocycles. The maximum atomic E-state index is 12.0. The Morgan fingerprint density at radius 1 is 1.44 bits per heavy atom. The number of carbonyl (C=O) groups is 1. The first-order valence-corrected chi connectivity index (χ1v) is 6.78. The van der Waals surface area contributed by atoms with Crippen LogP contribution in [-0.2, 0) is 0 Å². The van der Waals surface area contributed by atoms with E-state index in [2.05, 4.69) is 5.32 Å². The van der Waals surface area contributed by atoms with Gasteiger partial charge in [-0.15, -0.1) is 0 Å². The van der Waals surface area contributed by atoms with Crippen LogP contribution in [0.15, 0.2) is 12.1 Å². The monoisotopic (exact) mass is 286 g/mol. The van der Waals surface area contributed by atoms with Crippen LogP contribution in [0.3, 0.4) is 0 Å². The lowest BCUT2D eigenvalue weighted by Crippen LogP contribution is -2.32. The SMILES string of the molecule is CC(CC1CC1)NC(=O)c1cc(Cl)c(N)c(Cl)c1. The van der Waals surface area contributed by atoms with Gasteiger partial charge in [0.2, 0.25) is 0 Å². The third-order valence-corrected chi connectivity index (χ3v) is 3.73. The van der Waals surface area contributed by atoms with E-state index in [4.69, 9.17) is 28.9 Å². The Morgan fingerprint density at radius 2 is 2.00 bits per heavy atom. The summed E-state index contributed by atoms with van der Waals surface area (Å²) in [5.41, 5.74) is 6.38. The van der Waals surface area contributed by atoms with Crippen molar-refractivity contribution in [2.24, 2.45) is 5.92 Å². The minimum atomic E-state index is -0.160. The van der Waals surface area contributed by atoms with E-state index in [0.29, 0.717) is 21.3 Å². The number of benzene rings is 1. The zero-order chi connectivity index (χ0) is 13.3. The number of halogens is 2. The molecule has 1 aliphatic rings. The van der Waals surface area contributed by atoms with E-state index in [-0.39, 0.29) is 11.9 Å². The Labute approximate surface area is 117 Å². The average Bonchev–Trinajstić information content (AvgIpc) is 3.08. The van der Waals surface area contributed by atoms with Crippen molar-refractivity contribution < 1.29 is 4.79 Å². The summed E-state index contributed by atoms with van der Waals surface area (Å²) in [6.45, 7) is 2.01. The van der Waals surface area contributed by atoms with Gasteiger partial charge in [-0.05, 0) is 31.4 Å². The highest BCUT2D eigenvalue weighted by molar-refractivity contribution is 6.39. The van der Waals surface area contributed by atoms with Crippen LogP contribution in [0, 0.1) is 5.92 Å². The lowest BCUT2D eigenvalue weighted by molar-refractivity contribution is 0.0937. The van der Waals surface area contributed by atoms with Crippen molar-refractivity contribution in [1.29, 1.82) is 0 Å². The normalized spacial score (nSPS) is 16.4. The van der Waals surface area contributed by atoms with E-state index in [1.165, 1.54) is 12.8 Å². The highest BCUT2D eigenvalue weighted by Crippen LogP contribution is 2.33. The molecule has 1 fully saturated rings. The Balaban J connectivity index is 2.03. The molecule has 1 aliphatic carbocycles. The molecule has 98 valence electrons. The van der Waals surface area contributed by atoms with Gasteiger partial charge in [-0.1, -0.05) is 36.0 Å². The molecular weight excluding hydrogens is 271 g/mol. The van der Waals surface area contributed by atoms with Gasteiger partial charge in [0.1, 0.15) is 0 Å². The van der Waals surface area contributed by atoms with Crippen molar-refractivity contribution in [3.8, 4) is 0 Å². The summed E-state index contributed by atoms with van der Waals surface area (Å²) < 4.78 is 0. The molecule has 0 spiro atoms. The Kier molecular flexibility index (Phi) is 4.03. The molecule has 3 N–H and O–H groups in total. The van der Waals surface area contributed by atoms with Crippen LogP contribution in [-0.4, -0.2) is 11.9 Å². The number of anilines is 1. The summed E-state index contributed by atoms with van der Waals surface area (Å²) in [6, 6.07) is 3.25. The minimum absolute atomic E-state index is 0.160. The quantitative estimate of drug-likeness (QED) is 0.833. The van der Waals surface area contributed by atoms with Crippen LogP contribution in [0.4, 0.5) is 5.69 Å². The second-order valence-corrected chi connectivity index (χ2v) is 5.72. The van der Waals surface area contributed by atoms with Gasteiger partial charge in [-0.2, -0.15) is 0 Å². The number of rotatable bonds is 4. The number of carbonyl (C=O) groups excluding carboxylic acids is 1. The van der Waals surface area contributed by atoms with Crippen LogP contribution in [0.5, 0.6) is 0 Å². The predicted octanol–water partition coefficient (Wildman–Crippen LogP) is 3.49. The third-order valence-electron chi connectivity index (χ3n) is 3.10. The molecule has 1 aromatic carbocycles. The van der Waals surface area contributed by atoms with Crippen molar-refractivity contribution in [3.05, 3.63) is 27.7 Å². The minimum Gasteiger partial charge on any atom is -0.396 e. The zero-order valence-electron chi connectivity index (χ0n) is 10.2. The Bertz CT molecular complexity index is 449. The van der Waals surface area contributed by atoms with E-state index < -0.39 is 0 Å². The predicted molar refractivity (Wildman–Crippen MR) is 75.1 cm³/mol. The maximum absolute atomic E-state index is 12.0. The van der Waals surface area contributed by atoms with E-state index in [0.717, 1.165) is 12.3 Å². The summed E-state index contributed by atoms with van der Waals surface area (Å²) in [5, 5.41) is 3.56. The number of nitrogen functional groups attached to an aromatic ring is 1. The molecule has 3 nitrogen and oxygen atoms in total. The average molecular weight is 287 g/mol. The fourth-order valence-electron chi connectivity index (χ4n) is 1.93. The van der Waals surface area contributed by atoms with Crippen LogP contribution in [0.25, 0.3) is 0 Å². The summed E-state index contributed by atoms with van der Waals surface area (Å²) in [7, 11) is 0. The van der Waals surface area contributed by atoms with Crippen molar-refractivity contribution in [2.75, 3.05) is 5.73 Å². The molecule has 5 heteroatoms. The van der Waals surface area contributed by atoms with Crippen molar-refractivity contribution in [2.45, 2.75) is 32.2 Å². The molecular formula is C13H16Cl2N2O. The fraction of sp³-hybridized carbons (Fsp3) is 0.462. The first-order chi connectivity index (χ1) is 8.47. The van der Waals surface area contributed by atoms with Crippen LogP contribution in [0.1, 0.15) is 36.5 Å². The van der Waals surface area contributed by atoms with E-state index in [1.54, 1.807) is 12.1 Å². The van der Waals surface area contributed by atoms with E-state index >= 15 is 0 Å². The Morgan fingerprint density at radius 3 is 2.50 bits per heavy atom. The van der Waals surface area contributed by atoms with Crippen LogP contribution >= 0.6 is 23.2 Å². The largest absolute Gasteiger partial charge is 0.396 e. The van der Waals surface area contributed by atoms with Gasteiger partial charge in [0, 0.05) is 11.6 Å². The summed E-state index contributed by atoms with van der Waals surface area (Å²) in [5.74, 6) is 0.617. The van der Waals surface area contributed by atoms with E-state index in [9.17, 15) is 4.79 Å². The molecule has 0 aliphatic heterocycles. The molecule has 1 saturated carbocycles. The van der Waals surface area contributed by atoms with E-state index in [1.807, 2.05) is 6.92 Å². The molecule has 1 unspecified atom stereocenters. The van der Waals surface area contributed by atoms with Gasteiger partial charge in [-0.25, -0.2) is 0 Å². The van der Waals surface area contributed by atoms with Crippen molar-refractivity contribution in [3.63, 3.8) is 0 Å². The molecule has 0 bridgehead atoms. The number of amides is 1. The van der Waals surface area contributed by atoms with Gasteiger partial charge < -0.3 is 11.1 Å². The topological polar surface area (TPSA) is 55.1 Å². The number of hydrogen-bond donors (Lipinski definition) is 2. The Hall–Kier alpha value is -0.930. The lowest BCUT2D eigenvalue weighted by Gasteiger charge is -2.14. The van der Waals surface area contributed by atoms with Gasteiger partial charge in [0.15, 0.2) is 0 Å². The molecule has 1 atom stereocenters. The van der Waals surface area contributed by atoms with Crippen LogP contribution in [0.2, 0.25) is 10.0 Å². The lowest BCUT2D eigenvalue weighted by atomic mass is 10.1. The van der Waals surface area contributed by atoms with Crippen molar-refractivity contribution in [1.82, 2.24) is 5.32 Å². The second-order valence-electron chi connectivity index (χ2n) is 4.91. The van der Waals surface area contributed by atoms with Crippen LogP contribution < -0.4 is 11.1 Å². The smallest absolute Gasteiger partial charge is 0.251 e. The molecule has 18 heavy (non-hydrogen) atoms. The summed E-state index contributed by atoms with van der Waals surface area (Å²) in [4.78, 5) is 12.0. The summed E-state index contributed by atoms with van der Waals surface area (Å²) in [6.07, 6.45) is 3.58. The molecule has 0 radical (unpaired) electrons. The van der Waals surface area contributed by atoms with Gasteiger partial charge in [0.05, 0.1) is 15.7 Å². The van der Waals surface area contributed by atoms with Gasteiger partial charge in [0.25, 0.3) is 5.91 Å². The number of nitrogens with one attached hydrogen (secondary N) is 1. The highest BCUT2D eigenvalue weighted by Gasteiger charge is 2.24. The number of nitrogens with two attached hydrogens (primary N) is 1. The third kappa shape index (κ3) is 3.30. The molecule has 0 aromatic heterocycles. The van der Waals surface area contributed by atoms with Gasteiger partial charge >= 0.3 is 0 Å². The van der Waals surface area contributed by atoms with Crippen molar-refractivity contribution >= 4 is 34.8 Å². The highest BCUT2D eigenvalue weighted by atomic mass is 35.5. The molecule has 1 aromatic rings. The standard InChI is InChI=1S/C13H16Cl2N2O/c1-7(4-8-2-3-8)17-13(18)9-5-10(14)12(16)11(15)6-9/h5-8H,2-4,16H2,1H3,(H,17,18). The zero-order valence-corrected chi connectivity index (χ0v) is 11.7. The summed E-state index contributed by atoms with van der Waals surface area (Å²) >= 11 is 11.8. The second kappa shape index (κ2) is 5.37. The maximum Gasteiger partial charge on any atom is 0.251 e. The van der Waals surface area contributed by atoms with Gasteiger partial charge in [-0.3, -0.25) is 4.79 Å². The number of hydrogen-bond acceptors (Lipinski definition) is 2. The first kappa shape index (κ1) is 13.5. The first-order valence-electron chi connectivity index (χ1n) is 6.02. The molecule has 0 heterocycles. The molecule has 2 rings (SSSR count). The fourth-order valence-corrected chi connectivity index (χ4v) is 2.42.